The molecule has 0 bridgehead atoms. The third kappa shape index (κ3) is 1.92. The first-order valence-corrected chi connectivity index (χ1v) is 4.20. The van der Waals surface area contributed by atoms with Gasteiger partial charge in [0.15, 0.2) is 12.0 Å². The first-order valence-electron chi connectivity index (χ1n) is 4.20. The van der Waals surface area contributed by atoms with Gasteiger partial charge in [0.05, 0.1) is 0 Å². The molecule has 0 fully saturated rings. The first kappa shape index (κ1) is 9.85. The van der Waals surface area contributed by atoms with E-state index in [0.717, 1.165) is 6.42 Å². The normalized spacial score (nSPS) is 15.3. The largest absolute Gasteiger partial charge is 0.384 e. The lowest BCUT2D eigenvalue weighted by Crippen LogP contribution is -2.23. The van der Waals surface area contributed by atoms with Gasteiger partial charge < -0.3 is 5.11 Å². The van der Waals surface area contributed by atoms with Gasteiger partial charge in [0, 0.05) is 0 Å². The Balaban J connectivity index is 2.98. The Morgan fingerprint density at radius 3 is 2.85 bits per heavy atom. The van der Waals surface area contributed by atoms with Gasteiger partial charge >= 0.3 is 0 Å². The first-order chi connectivity index (χ1) is 6.11. The van der Waals surface area contributed by atoms with Gasteiger partial charge in [0.1, 0.15) is 11.3 Å². The number of hydrogen-bond acceptors (Lipinski definition) is 4. The highest BCUT2D eigenvalue weighted by molar-refractivity contribution is 5.73. The van der Waals surface area contributed by atoms with Crippen LogP contribution in [0.1, 0.15) is 42.9 Å². The standard InChI is InChI=1S/C8H13N3O2/c1-3-4-8(2,13)7-6(5-12)9-11-10-7/h5,13H,3-4H2,1-2H3,(H,9,10,11)/t8-/m0/s1. The number of carbonyl (C=O) groups is 1. The molecule has 2 N–H and O–H groups in total. The lowest BCUT2D eigenvalue weighted by molar-refractivity contribution is 0.0415. The van der Waals surface area contributed by atoms with Crippen LogP contribution in [-0.4, -0.2) is 26.8 Å². The summed E-state index contributed by atoms with van der Waals surface area (Å²) in [6.07, 6.45) is 1.96. The molecule has 0 amide bonds. The second-order valence-electron chi connectivity index (χ2n) is 3.20. The number of aldehydes is 1. The fourth-order valence-corrected chi connectivity index (χ4v) is 1.32. The van der Waals surface area contributed by atoms with Gasteiger partial charge in [-0.3, -0.25) is 4.79 Å². The number of aliphatic hydroxyl groups is 1. The molecule has 13 heavy (non-hydrogen) atoms. The molecule has 1 atom stereocenters. The van der Waals surface area contributed by atoms with Gasteiger partial charge in [-0.05, 0) is 13.3 Å². The van der Waals surface area contributed by atoms with E-state index < -0.39 is 5.60 Å². The Morgan fingerprint density at radius 1 is 1.62 bits per heavy atom. The number of carbonyl (C=O) groups excluding carboxylic acids is 1. The molecule has 72 valence electrons. The molecule has 1 rings (SSSR count). The average Bonchev–Trinajstić information content (AvgIpc) is 2.51. The molecule has 1 aromatic rings. The molecule has 0 saturated carbocycles. The molecule has 1 aromatic heterocycles. The SMILES string of the molecule is CCC[C@](C)(O)c1n[nH]nc1C=O. The van der Waals surface area contributed by atoms with Crippen molar-refractivity contribution < 1.29 is 9.90 Å². The van der Waals surface area contributed by atoms with Crippen molar-refractivity contribution in [1.29, 1.82) is 0 Å². The number of aromatic amines is 1. The Hall–Kier alpha value is -1.23. The Labute approximate surface area is 76.2 Å². The van der Waals surface area contributed by atoms with E-state index in [4.69, 9.17) is 0 Å². The molecule has 1 heterocycles. The third-order valence-corrected chi connectivity index (χ3v) is 1.93. The van der Waals surface area contributed by atoms with Crippen LogP contribution in [0.4, 0.5) is 0 Å². The molecule has 0 aliphatic heterocycles. The Morgan fingerprint density at radius 2 is 2.31 bits per heavy atom. The molecule has 0 aromatic carbocycles. The van der Waals surface area contributed by atoms with Crippen molar-refractivity contribution in [3.8, 4) is 0 Å². The molecular weight excluding hydrogens is 170 g/mol. The van der Waals surface area contributed by atoms with Crippen molar-refractivity contribution >= 4 is 6.29 Å². The number of nitrogens with zero attached hydrogens (tertiary/aromatic N) is 2. The molecule has 5 nitrogen and oxygen atoms in total. The highest BCUT2D eigenvalue weighted by Crippen LogP contribution is 2.24. The van der Waals surface area contributed by atoms with Gasteiger partial charge in [-0.25, -0.2) is 0 Å². The second-order valence-corrected chi connectivity index (χ2v) is 3.20. The zero-order valence-electron chi connectivity index (χ0n) is 7.74. The molecule has 5 heteroatoms. The summed E-state index contributed by atoms with van der Waals surface area (Å²) in [5, 5.41) is 19.6. The minimum Gasteiger partial charge on any atom is -0.384 e. The van der Waals surface area contributed by atoms with Crippen molar-refractivity contribution in [3.05, 3.63) is 11.4 Å². The molecule has 0 spiro atoms. The van der Waals surface area contributed by atoms with Crippen LogP contribution in [0.15, 0.2) is 0 Å². The van der Waals surface area contributed by atoms with E-state index in [9.17, 15) is 9.90 Å². The van der Waals surface area contributed by atoms with Crippen LogP contribution in [0, 0.1) is 0 Å². The lowest BCUT2D eigenvalue weighted by Gasteiger charge is -2.19. The summed E-state index contributed by atoms with van der Waals surface area (Å²) in [6, 6.07) is 0. The van der Waals surface area contributed by atoms with E-state index in [2.05, 4.69) is 15.4 Å². The maximum absolute atomic E-state index is 10.5. The van der Waals surface area contributed by atoms with E-state index in [1.54, 1.807) is 6.92 Å². The van der Waals surface area contributed by atoms with Crippen molar-refractivity contribution in [2.45, 2.75) is 32.3 Å². The van der Waals surface area contributed by atoms with Gasteiger partial charge in [0.2, 0.25) is 0 Å². The Bertz CT molecular complexity index is 293. The van der Waals surface area contributed by atoms with Crippen LogP contribution in [0.5, 0.6) is 0 Å². The van der Waals surface area contributed by atoms with Crippen LogP contribution in [-0.2, 0) is 5.60 Å². The molecule has 0 aliphatic rings. The van der Waals surface area contributed by atoms with E-state index in [1.807, 2.05) is 6.92 Å². The summed E-state index contributed by atoms with van der Waals surface area (Å²) in [4.78, 5) is 10.5. The average molecular weight is 183 g/mol. The summed E-state index contributed by atoms with van der Waals surface area (Å²) in [5.41, 5.74) is -0.569. The predicted octanol–water partition coefficient (Wildman–Crippen LogP) is 0.625. The molecule has 0 unspecified atom stereocenters. The minimum atomic E-state index is -1.07. The second kappa shape index (κ2) is 3.66. The quantitative estimate of drug-likeness (QED) is 0.671. The van der Waals surface area contributed by atoms with E-state index in [0.29, 0.717) is 18.4 Å². The predicted molar refractivity (Wildman–Crippen MR) is 46.2 cm³/mol. The van der Waals surface area contributed by atoms with Crippen LogP contribution >= 0.6 is 0 Å². The summed E-state index contributed by atoms with van der Waals surface area (Å²) >= 11 is 0. The summed E-state index contributed by atoms with van der Waals surface area (Å²) in [6.45, 7) is 3.58. The highest BCUT2D eigenvalue weighted by atomic mass is 16.3. The molecule has 0 radical (unpaired) electrons. The van der Waals surface area contributed by atoms with Crippen molar-refractivity contribution in [2.24, 2.45) is 0 Å². The maximum Gasteiger partial charge on any atom is 0.172 e. The topological polar surface area (TPSA) is 78.9 Å². The van der Waals surface area contributed by atoms with E-state index in [-0.39, 0.29) is 5.69 Å². The maximum atomic E-state index is 10.5. The highest BCUT2D eigenvalue weighted by Gasteiger charge is 2.28. The summed E-state index contributed by atoms with van der Waals surface area (Å²) in [5.74, 6) is 0. The molecule has 0 saturated heterocycles. The van der Waals surface area contributed by atoms with Gasteiger partial charge in [0.25, 0.3) is 0 Å². The molecular formula is C8H13N3O2. The lowest BCUT2D eigenvalue weighted by atomic mass is 9.95. The van der Waals surface area contributed by atoms with Crippen molar-refractivity contribution in [3.63, 3.8) is 0 Å². The number of nitrogens with one attached hydrogen (secondary N) is 1. The summed E-state index contributed by atoms with van der Waals surface area (Å²) in [7, 11) is 0. The number of H-pyrrole nitrogens is 1. The van der Waals surface area contributed by atoms with Crippen LogP contribution in [0.3, 0.4) is 0 Å². The Kier molecular flexibility index (Phi) is 2.77. The number of hydrogen-bond donors (Lipinski definition) is 2. The smallest absolute Gasteiger partial charge is 0.172 e. The fourth-order valence-electron chi connectivity index (χ4n) is 1.32. The van der Waals surface area contributed by atoms with E-state index >= 15 is 0 Å². The van der Waals surface area contributed by atoms with Crippen LogP contribution in [0.2, 0.25) is 0 Å². The zero-order chi connectivity index (χ0) is 9.90. The summed E-state index contributed by atoms with van der Waals surface area (Å²) < 4.78 is 0. The van der Waals surface area contributed by atoms with Gasteiger partial charge in [-0.2, -0.15) is 15.4 Å². The van der Waals surface area contributed by atoms with Crippen molar-refractivity contribution in [1.82, 2.24) is 15.4 Å². The van der Waals surface area contributed by atoms with Crippen molar-refractivity contribution in [2.75, 3.05) is 0 Å². The minimum absolute atomic E-state index is 0.179. The number of rotatable bonds is 4. The third-order valence-electron chi connectivity index (χ3n) is 1.93. The zero-order valence-corrected chi connectivity index (χ0v) is 7.74. The van der Waals surface area contributed by atoms with E-state index in [1.165, 1.54) is 0 Å². The van der Waals surface area contributed by atoms with Gasteiger partial charge in [-0.1, -0.05) is 13.3 Å². The van der Waals surface area contributed by atoms with Crippen LogP contribution in [0.25, 0.3) is 0 Å². The monoisotopic (exact) mass is 183 g/mol. The fraction of sp³-hybridized carbons (Fsp3) is 0.625. The number of aromatic nitrogens is 3. The van der Waals surface area contributed by atoms with Crippen LogP contribution < -0.4 is 0 Å². The van der Waals surface area contributed by atoms with Gasteiger partial charge in [-0.15, -0.1) is 0 Å². The molecule has 0 aliphatic carbocycles.